The zero-order valence-corrected chi connectivity index (χ0v) is 12.3. The molecule has 0 radical (unpaired) electrons. The van der Waals surface area contributed by atoms with E-state index in [1.165, 1.54) is 11.3 Å². The number of rotatable bonds is 2. The maximum Gasteiger partial charge on any atom is 0.322 e. The second kappa shape index (κ2) is 5.33. The summed E-state index contributed by atoms with van der Waals surface area (Å²) in [6.45, 7) is 2.24. The van der Waals surface area contributed by atoms with Crippen molar-refractivity contribution in [3.8, 4) is 0 Å². The zero-order chi connectivity index (χ0) is 15.0. The van der Waals surface area contributed by atoms with Gasteiger partial charge in [0, 0.05) is 18.3 Å². The number of anilines is 1. The number of hydrogen-bond donors (Lipinski definition) is 2. The van der Waals surface area contributed by atoms with Gasteiger partial charge in [0.2, 0.25) is 0 Å². The van der Waals surface area contributed by atoms with E-state index >= 15 is 0 Å². The van der Waals surface area contributed by atoms with Crippen LogP contribution in [-0.4, -0.2) is 39.6 Å². The number of carbonyl (C=O) groups excluding carboxylic acids is 1. The molecule has 0 spiro atoms. The molecule has 2 unspecified atom stereocenters. The highest BCUT2D eigenvalue weighted by atomic mass is 32.1. The summed E-state index contributed by atoms with van der Waals surface area (Å²) in [6.07, 6.45) is 0.498. The number of hydrogen-bond acceptors (Lipinski definition) is 4. The molecule has 2 N–H and O–H groups in total. The Morgan fingerprint density at radius 1 is 1.48 bits per heavy atom. The lowest BCUT2D eigenvalue weighted by molar-refractivity contribution is -0.142. The van der Waals surface area contributed by atoms with Gasteiger partial charge in [-0.15, -0.1) is 11.3 Å². The summed E-state index contributed by atoms with van der Waals surface area (Å²) in [5.74, 6) is -1.33. The van der Waals surface area contributed by atoms with Gasteiger partial charge in [-0.05, 0) is 31.5 Å². The molecule has 2 aromatic rings. The standard InChI is InChI=1S/C14H15N3O3S/c1-8-10(13(18)19)4-5-17(8)14(20)16-9-2-3-11-12(6-9)21-7-15-11/h2-3,6-8,10H,4-5H2,1H3,(H,16,20)(H,18,19). The number of nitrogens with one attached hydrogen (secondary N) is 1. The second-order valence-corrected chi connectivity index (χ2v) is 6.02. The van der Waals surface area contributed by atoms with Crippen molar-refractivity contribution in [1.29, 1.82) is 0 Å². The van der Waals surface area contributed by atoms with E-state index in [1.54, 1.807) is 23.4 Å². The van der Waals surface area contributed by atoms with Crippen LogP contribution in [0.3, 0.4) is 0 Å². The first-order chi connectivity index (χ1) is 10.1. The van der Waals surface area contributed by atoms with Gasteiger partial charge in [-0.25, -0.2) is 9.78 Å². The van der Waals surface area contributed by atoms with Crippen LogP contribution in [-0.2, 0) is 4.79 Å². The van der Waals surface area contributed by atoms with Crippen molar-refractivity contribution in [3.05, 3.63) is 23.7 Å². The summed E-state index contributed by atoms with van der Waals surface area (Å²) in [5, 5.41) is 11.9. The lowest BCUT2D eigenvalue weighted by Gasteiger charge is -2.23. The number of nitrogens with zero attached hydrogens (tertiary/aromatic N) is 2. The maximum absolute atomic E-state index is 12.3. The third-order valence-electron chi connectivity index (χ3n) is 3.92. The highest BCUT2D eigenvalue weighted by Gasteiger charge is 2.38. The predicted octanol–water partition coefficient (Wildman–Crippen LogP) is 2.62. The number of thiazole rings is 1. The highest BCUT2D eigenvalue weighted by molar-refractivity contribution is 7.16. The van der Waals surface area contributed by atoms with Crippen LogP contribution in [0, 0.1) is 5.92 Å². The van der Waals surface area contributed by atoms with Gasteiger partial charge >= 0.3 is 12.0 Å². The molecule has 7 heteroatoms. The lowest BCUT2D eigenvalue weighted by atomic mass is 10.0. The van der Waals surface area contributed by atoms with Crippen molar-refractivity contribution < 1.29 is 14.7 Å². The van der Waals surface area contributed by atoms with Crippen molar-refractivity contribution in [2.45, 2.75) is 19.4 Å². The summed E-state index contributed by atoms with van der Waals surface area (Å²) in [6, 6.07) is 4.98. The molecule has 1 saturated heterocycles. The minimum Gasteiger partial charge on any atom is -0.481 e. The molecule has 0 bridgehead atoms. The van der Waals surface area contributed by atoms with Gasteiger partial charge in [-0.3, -0.25) is 4.79 Å². The average molecular weight is 305 g/mol. The number of amides is 2. The third-order valence-corrected chi connectivity index (χ3v) is 4.71. The van der Waals surface area contributed by atoms with Crippen molar-refractivity contribution in [3.63, 3.8) is 0 Å². The number of aromatic nitrogens is 1. The van der Waals surface area contributed by atoms with Crippen LogP contribution in [0.2, 0.25) is 0 Å². The van der Waals surface area contributed by atoms with Gasteiger partial charge in [0.15, 0.2) is 0 Å². The van der Waals surface area contributed by atoms with Gasteiger partial charge < -0.3 is 15.3 Å². The highest BCUT2D eigenvalue weighted by Crippen LogP contribution is 2.26. The Balaban J connectivity index is 1.72. The Bertz CT molecular complexity index is 700. The van der Waals surface area contributed by atoms with Crippen LogP contribution >= 0.6 is 11.3 Å². The fourth-order valence-corrected chi connectivity index (χ4v) is 3.40. The SMILES string of the molecule is CC1C(C(=O)O)CCN1C(=O)Nc1ccc2ncsc2c1. The fraction of sp³-hybridized carbons (Fsp3) is 0.357. The number of carboxylic acids is 1. The molecule has 110 valence electrons. The molecule has 2 atom stereocenters. The van der Waals surface area contributed by atoms with Crippen molar-refractivity contribution in [1.82, 2.24) is 9.88 Å². The molecule has 0 saturated carbocycles. The molecule has 1 aromatic heterocycles. The number of urea groups is 1. The van der Waals surface area contributed by atoms with Crippen molar-refractivity contribution >= 4 is 39.2 Å². The van der Waals surface area contributed by atoms with Crippen LogP contribution < -0.4 is 5.32 Å². The molecule has 1 fully saturated rings. The van der Waals surface area contributed by atoms with E-state index in [0.717, 1.165) is 10.2 Å². The summed E-state index contributed by atoms with van der Waals surface area (Å²) in [5.41, 5.74) is 3.36. The first kappa shape index (κ1) is 13.8. The summed E-state index contributed by atoms with van der Waals surface area (Å²) < 4.78 is 1.01. The number of carbonyl (C=O) groups is 2. The number of benzene rings is 1. The molecule has 3 rings (SSSR count). The monoisotopic (exact) mass is 305 g/mol. The zero-order valence-electron chi connectivity index (χ0n) is 11.4. The van der Waals surface area contributed by atoms with E-state index in [1.807, 2.05) is 12.1 Å². The number of likely N-dealkylation sites (tertiary alicyclic amines) is 1. The molecule has 1 aliphatic rings. The van der Waals surface area contributed by atoms with Crippen LogP contribution in [0.5, 0.6) is 0 Å². The Labute approximate surface area is 125 Å². The van der Waals surface area contributed by atoms with Crippen LogP contribution in [0.15, 0.2) is 23.7 Å². The Hall–Kier alpha value is -2.15. The van der Waals surface area contributed by atoms with Gasteiger partial charge in [-0.1, -0.05) is 0 Å². The van der Waals surface area contributed by atoms with Crippen molar-refractivity contribution in [2.75, 3.05) is 11.9 Å². The number of carboxylic acid groups (broad SMARTS) is 1. The maximum atomic E-state index is 12.3. The molecule has 21 heavy (non-hydrogen) atoms. The molecular weight excluding hydrogens is 290 g/mol. The van der Waals surface area contributed by atoms with Gasteiger partial charge in [-0.2, -0.15) is 0 Å². The van der Waals surface area contributed by atoms with Crippen LogP contribution in [0.25, 0.3) is 10.2 Å². The van der Waals surface area contributed by atoms with E-state index in [9.17, 15) is 9.59 Å². The van der Waals surface area contributed by atoms with Crippen LogP contribution in [0.1, 0.15) is 13.3 Å². The predicted molar refractivity (Wildman–Crippen MR) is 80.5 cm³/mol. The normalized spacial score (nSPS) is 21.7. The molecule has 1 aromatic carbocycles. The molecule has 2 amide bonds. The first-order valence-corrected chi connectivity index (χ1v) is 7.58. The smallest absolute Gasteiger partial charge is 0.322 e. The minimum atomic E-state index is -0.844. The van der Waals surface area contributed by atoms with E-state index in [4.69, 9.17) is 5.11 Å². The van der Waals surface area contributed by atoms with Gasteiger partial charge in [0.25, 0.3) is 0 Å². The quantitative estimate of drug-likeness (QED) is 0.893. The Morgan fingerprint density at radius 2 is 2.29 bits per heavy atom. The van der Waals surface area contributed by atoms with E-state index in [0.29, 0.717) is 18.7 Å². The fourth-order valence-electron chi connectivity index (χ4n) is 2.68. The van der Waals surface area contributed by atoms with E-state index in [-0.39, 0.29) is 12.1 Å². The van der Waals surface area contributed by atoms with Gasteiger partial charge in [0.1, 0.15) is 0 Å². The number of fused-ring (bicyclic) bond motifs is 1. The summed E-state index contributed by atoms with van der Waals surface area (Å²) >= 11 is 1.51. The average Bonchev–Trinajstić information content (AvgIpc) is 3.04. The topological polar surface area (TPSA) is 82.5 Å². The van der Waals surface area contributed by atoms with E-state index in [2.05, 4.69) is 10.3 Å². The van der Waals surface area contributed by atoms with Gasteiger partial charge in [0.05, 0.1) is 21.6 Å². The number of aliphatic carboxylic acids is 1. The first-order valence-electron chi connectivity index (χ1n) is 6.70. The summed E-state index contributed by atoms with van der Waals surface area (Å²) in [4.78, 5) is 29.1. The minimum absolute atomic E-state index is 0.255. The van der Waals surface area contributed by atoms with E-state index < -0.39 is 11.9 Å². The Kier molecular flexibility index (Phi) is 3.50. The molecular formula is C14H15N3O3S. The second-order valence-electron chi connectivity index (χ2n) is 5.13. The third kappa shape index (κ3) is 2.56. The Morgan fingerprint density at radius 3 is 3.00 bits per heavy atom. The summed E-state index contributed by atoms with van der Waals surface area (Å²) in [7, 11) is 0. The molecule has 0 aliphatic carbocycles. The molecule has 6 nitrogen and oxygen atoms in total. The van der Waals surface area contributed by atoms with Crippen molar-refractivity contribution in [2.24, 2.45) is 5.92 Å². The van der Waals surface area contributed by atoms with Crippen LogP contribution in [0.4, 0.5) is 10.5 Å². The molecule has 1 aliphatic heterocycles. The molecule has 2 heterocycles. The lowest BCUT2D eigenvalue weighted by Crippen LogP contribution is -2.40. The largest absolute Gasteiger partial charge is 0.481 e.